The second kappa shape index (κ2) is 8.47. The normalized spacial score (nSPS) is 14.4. The largest absolute Gasteiger partial charge is 0.418 e. The Hall–Kier alpha value is -2.90. The minimum atomic E-state index is -4.87. The molecule has 0 radical (unpaired) electrons. The van der Waals surface area contributed by atoms with Crippen LogP contribution in [-0.4, -0.2) is 21.5 Å². The molecule has 2 heterocycles. The van der Waals surface area contributed by atoms with E-state index in [-0.39, 0.29) is 4.74 Å². The van der Waals surface area contributed by atoms with Crippen molar-refractivity contribution in [3.05, 3.63) is 94.1 Å². The van der Waals surface area contributed by atoms with Crippen LogP contribution in [-0.2, 0) is 12.0 Å². The second-order valence-corrected chi connectivity index (χ2v) is 10.0. The molecule has 2 aromatic carbocycles. The summed E-state index contributed by atoms with van der Waals surface area (Å²) in [6.07, 6.45) is -3.94. The average Bonchev–Trinajstić information content (AvgIpc) is 3.15. The highest BCUT2D eigenvalue weighted by Crippen LogP contribution is 2.43. The van der Waals surface area contributed by atoms with Crippen LogP contribution in [0.4, 0.5) is 13.2 Å². The maximum Gasteiger partial charge on any atom is 0.418 e. The van der Waals surface area contributed by atoms with Crippen molar-refractivity contribution >= 4 is 11.3 Å². The minimum Gasteiger partial charge on any atom is -0.379 e. The number of aliphatic hydroxyl groups is 1. The van der Waals surface area contributed by atoms with Gasteiger partial charge in [-0.05, 0) is 40.7 Å². The lowest BCUT2D eigenvalue weighted by molar-refractivity contribution is -0.271. The van der Waals surface area contributed by atoms with E-state index in [4.69, 9.17) is 0 Å². The number of pyridine rings is 1. The van der Waals surface area contributed by atoms with Gasteiger partial charge in [0.05, 0.1) is 17.1 Å². The molecule has 0 aliphatic carbocycles. The molecule has 2 aliphatic heterocycles. The van der Waals surface area contributed by atoms with Crippen LogP contribution in [0.5, 0.6) is 0 Å². The van der Waals surface area contributed by atoms with Crippen molar-refractivity contribution in [2.45, 2.75) is 44.0 Å². The van der Waals surface area contributed by atoms with Crippen LogP contribution in [0.25, 0.3) is 21.7 Å². The van der Waals surface area contributed by atoms with Crippen LogP contribution in [0.15, 0.2) is 83.8 Å². The Morgan fingerprint density at radius 2 is 1.61 bits per heavy atom. The molecular formula is C26H24F3NO2S. The second-order valence-electron chi connectivity index (χ2n) is 8.99. The van der Waals surface area contributed by atoms with E-state index in [2.05, 4.69) is 0 Å². The highest BCUT2D eigenvalue weighted by molar-refractivity contribution is 7.13. The third kappa shape index (κ3) is 4.75. The molecule has 0 fully saturated rings. The monoisotopic (exact) mass is 471 g/mol. The smallest absolute Gasteiger partial charge is 0.379 e. The molecule has 1 atom stereocenters. The lowest BCUT2D eigenvalue weighted by atomic mass is 9.74. The van der Waals surface area contributed by atoms with E-state index in [1.165, 1.54) is 16.8 Å². The molecule has 2 aliphatic rings. The first-order valence-corrected chi connectivity index (χ1v) is 11.3. The van der Waals surface area contributed by atoms with Crippen LogP contribution in [0.2, 0.25) is 0 Å². The molecule has 33 heavy (non-hydrogen) atoms. The summed E-state index contributed by atoms with van der Waals surface area (Å²) in [5.41, 5.74) is -1.02. The predicted molar refractivity (Wildman–Crippen MR) is 126 cm³/mol. The molecule has 1 N–H and O–H groups in total. The highest BCUT2D eigenvalue weighted by atomic mass is 32.1. The Morgan fingerprint density at radius 3 is 2.30 bits per heavy atom. The molecule has 0 spiro atoms. The molecule has 0 bridgehead atoms. The third-order valence-electron chi connectivity index (χ3n) is 5.99. The van der Waals surface area contributed by atoms with Gasteiger partial charge in [0.2, 0.25) is 4.74 Å². The Bertz CT molecular complexity index is 1280. The number of alkyl halides is 3. The van der Waals surface area contributed by atoms with E-state index in [0.29, 0.717) is 16.1 Å². The fourth-order valence-electron chi connectivity index (χ4n) is 4.28. The zero-order chi connectivity index (χ0) is 23.9. The molecule has 4 rings (SSSR count). The molecule has 7 heteroatoms. The molecule has 1 unspecified atom stereocenters. The number of hydrogen-bond donors (Lipinski definition) is 1. The van der Waals surface area contributed by atoms with E-state index in [1.807, 2.05) is 48.5 Å². The van der Waals surface area contributed by atoms with Gasteiger partial charge in [-0.3, -0.25) is 4.79 Å². The Labute approximate surface area is 194 Å². The van der Waals surface area contributed by atoms with Crippen LogP contribution in [0.1, 0.15) is 25.8 Å². The fourth-order valence-corrected chi connectivity index (χ4v) is 5.09. The summed E-state index contributed by atoms with van der Waals surface area (Å²) in [4.78, 5) is 12.4. The Balaban J connectivity index is 1.69. The summed E-state index contributed by atoms with van der Waals surface area (Å²) in [5.74, 6) is 0. The van der Waals surface area contributed by atoms with E-state index in [9.17, 15) is 23.1 Å². The summed E-state index contributed by atoms with van der Waals surface area (Å²) in [6, 6.07) is 21.6. The Morgan fingerprint density at radius 1 is 0.909 bits per heavy atom. The minimum absolute atomic E-state index is 0.237. The quantitative estimate of drug-likeness (QED) is 0.356. The molecule has 0 amide bonds. The topological polar surface area (TPSA) is 42.2 Å². The summed E-state index contributed by atoms with van der Waals surface area (Å²) < 4.78 is 43.9. The van der Waals surface area contributed by atoms with Crippen LogP contribution >= 0.6 is 11.3 Å². The first kappa shape index (κ1) is 23.3. The predicted octanol–water partition coefficient (Wildman–Crippen LogP) is 6.34. The zero-order valence-electron chi connectivity index (χ0n) is 18.3. The fraction of sp³-hybridized carbons (Fsp3) is 0.269. The maximum absolute atomic E-state index is 14.3. The molecule has 0 saturated carbocycles. The van der Waals surface area contributed by atoms with Crippen molar-refractivity contribution in [3.63, 3.8) is 0 Å². The molecular weight excluding hydrogens is 447 g/mol. The van der Waals surface area contributed by atoms with E-state index in [1.54, 1.807) is 32.0 Å². The number of rotatable bonds is 6. The van der Waals surface area contributed by atoms with Gasteiger partial charge < -0.3 is 9.67 Å². The lowest BCUT2D eigenvalue weighted by Crippen LogP contribution is -2.52. The van der Waals surface area contributed by atoms with Crippen LogP contribution < -0.4 is 4.74 Å². The number of thiophene rings is 1. The van der Waals surface area contributed by atoms with E-state index < -0.39 is 30.2 Å². The van der Waals surface area contributed by atoms with Gasteiger partial charge in [-0.25, -0.2) is 0 Å². The van der Waals surface area contributed by atoms with Gasteiger partial charge in [-0.2, -0.15) is 13.2 Å². The summed E-state index contributed by atoms with van der Waals surface area (Å²) in [6.45, 7) is 2.71. The number of aromatic nitrogens is 1. The highest BCUT2D eigenvalue weighted by Gasteiger charge is 2.56. The van der Waals surface area contributed by atoms with Gasteiger partial charge in [0.25, 0.3) is 0 Å². The molecule has 0 saturated heterocycles. The van der Waals surface area contributed by atoms with Crippen LogP contribution in [0, 0.1) is 0 Å². The van der Waals surface area contributed by atoms with E-state index in [0.717, 1.165) is 22.5 Å². The number of benzene rings is 2. The summed E-state index contributed by atoms with van der Waals surface area (Å²) >= 11 is 0.970. The molecule has 172 valence electrons. The number of halogens is 3. The van der Waals surface area contributed by atoms with Crippen molar-refractivity contribution in [1.82, 2.24) is 4.57 Å². The number of nitrogens with zero attached hydrogens (tertiary/aromatic N) is 1. The summed E-state index contributed by atoms with van der Waals surface area (Å²) in [5, 5.41) is 11.0. The SMILES string of the molecule is CC(C)(CC(O)(Cn1cccc2sc(=O)cc1-2)C(F)(F)F)c1cccc(-c2ccccc2)c1. The van der Waals surface area contributed by atoms with Gasteiger partial charge in [0, 0.05) is 12.3 Å². The van der Waals surface area contributed by atoms with Gasteiger partial charge >= 0.3 is 6.18 Å². The summed E-state index contributed by atoms with van der Waals surface area (Å²) in [7, 11) is 0. The first-order chi connectivity index (χ1) is 15.5. The first-order valence-electron chi connectivity index (χ1n) is 10.5. The third-order valence-corrected chi connectivity index (χ3v) is 6.87. The number of hydrogen-bond acceptors (Lipinski definition) is 3. The van der Waals surface area contributed by atoms with Crippen molar-refractivity contribution in [2.24, 2.45) is 0 Å². The van der Waals surface area contributed by atoms with Gasteiger partial charge in [0.1, 0.15) is 0 Å². The molecule has 0 aromatic heterocycles. The van der Waals surface area contributed by atoms with E-state index >= 15 is 0 Å². The van der Waals surface area contributed by atoms with Gasteiger partial charge in [-0.1, -0.05) is 79.8 Å². The lowest BCUT2D eigenvalue weighted by Gasteiger charge is -2.39. The zero-order valence-corrected chi connectivity index (χ0v) is 19.1. The maximum atomic E-state index is 14.3. The van der Waals surface area contributed by atoms with Crippen molar-refractivity contribution in [1.29, 1.82) is 0 Å². The van der Waals surface area contributed by atoms with Gasteiger partial charge in [0.15, 0.2) is 5.60 Å². The van der Waals surface area contributed by atoms with Crippen molar-refractivity contribution < 1.29 is 18.3 Å². The number of fused-ring (bicyclic) bond motifs is 1. The average molecular weight is 472 g/mol. The van der Waals surface area contributed by atoms with Gasteiger partial charge in [-0.15, -0.1) is 0 Å². The molecule has 2 aromatic rings. The molecule has 3 nitrogen and oxygen atoms in total. The van der Waals surface area contributed by atoms with Crippen molar-refractivity contribution in [2.75, 3.05) is 0 Å². The van der Waals surface area contributed by atoms with Crippen molar-refractivity contribution in [3.8, 4) is 21.7 Å². The van der Waals surface area contributed by atoms with Crippen LogP contribution in [0.3, 0.4) is 0 Å². The standard InChI is InChI=1S/C26H24F3NO2S/c1-24(2,20-11-6-10-19(14-20)18-8-4-3-5-9-18)16-25(32,26(27,28)29)17-30-13-7-12-22-21(30)15-23(31)33-22/h3-15,32H,16-17H2,1-2H3. The Kier molecular flexibility index (Phi) is 5.97.